The maximum Gasteiger partial charge on any atom is 0.270 e. The third-order valence-electron chi connectivity index (χ3n) is 4.98. The van der Waals surface area contributed by atoms with Crippen LogP contribution in [0.2, 0.25) is 5.02 Å². The first kappa shape index (κ1) is 25.4. The molecule has 0 saturated carbocycles. The smallest absolute Gasteiger partial charge is 0.270 e. The summed E-state index contributed by atoms with van der Waals surface area (Å²) in [6, 6.07) is 19.8. The Labute approximate surface area is 206 Å². The van der Waals surface area contributed by atoms with E-state index >= 15 is 0 Å². The van der Waals surface area contributed by atoms with Crippen molar-refractivity contribution >= 4 is 40.7 Å². The molecule has 3 rings (SSSR count). The Kier molecular flexibility index (Phi) is 8.53. The lowest BCUT2D eigenvalue weighted by Gasteiger charge is -2.23. The van der Waals surface area contributed by atoms with E-state index in [-0.39, 0.29) is 35.9 Å². The number of nitro benzene ring substituents is 1. The molecule has 3 aromatic rings. The summed E-state index contributed by atoms with van der Waals surface area (Å²) in [5.74, 6) is -1.54. The van der Waals surface area contributed by atoms with Gasteiger partial charge in [0, 0.05) is 24.4 Å². The molecule has 0 aliphatic carbocycles. The lowest BCUT2D eigenvalue weighted by Crippen LogP contribution is -2.42. The van der Waals surface area contributed by atoms with Crippen LogP contribution in [0.4, 0.5) is 11.4 Å². The van der Waals surface area contributed by atoms with Crippen molar-refractivity contribution in [2.75, 3.05) is 18.4 Å². The van der Waals surface area contributed by atoms with Crippen LogP contribution in [-0.2, 0) is 16.1 Å². The van der Waals surface area contributed by atoms with Gasteiger partial charge in [-0.25, -0.2) is 0 Å². The fourth-order valence-electron chi connectivity index (χ4n) is 3.30. The van der Waals surface area contributed by atoms with Crippen LogP contribution in [-0.4, -0.2) is 40.6 Å². The summed E-state index contributed by atoms with van der Waals surface area (Å²) in [4.78, 5) is 49.7. The van der Waals surface area contributed by atoms with Crippen molar-refractivity contribution in [2.24, 2.45) is 0 Å². The Morgan fingerprint density at radius 1 is 0.971 bits per heavy atom. The van der Waals surface area contributed by atoms with Crippen LogP contribution in [0.3, 0.4) is 0 Å². The van der Waals surface area contributed by atoms with E-state index in [0.717, 1.165) is 17.2 Å². The summed E-state index contributed by atoms with van der Waals surface area (Å²) < 4.78 is 0. The van der Waals surface area contributed by atoms with Gasteiger partial charge in [0.2, 0.25) is 11.8 Å². The van der Waals surface area contributed by atoms with Gasteiger partial charge in [-0.1, -0.05) is 54.1 Å². The monoisotopic (exact) mass is 494 g/mol. The highest BCUT2D eigenvalue weighted by molar-refractivity contribution is 6.34. The number of benzene rings is 3. The molecule has 0 spiro atoms. The number of hydrogen-bond donors (Lipinski definition) is 2. The van der Waals surface area contributed by atoms with E-state index in [4.69, 9.17) is 11.6 Å². The Morgan fingerprint density at radius 3 is 2.37 bits per heavy atom. The van der Waals surface area contributed by atoms with Crippen molar-refractivity contribution in [3.8, 4) is 0 Å². The summed E-state index contributed by atoms with van der Waals surface area (Å²) in [7, 11) is 0. The normalized spacial score (nSPS) is 10.3. The molecule has 0 atom stereocenters. The van der Waals surface area contributed by atoms with Gasteiger partial charge in [0.15, 0.2) is 0 Å². The average molecular weight is 495 g/mol. The predicted molar refractivity (Wildman–Crippen MR) is 132 cm³/mol. The molecule has 9 nitrogen and oxygen atoms in total. The van der Waals surface area contributed by atoms with E-state index in [0.29, 0.717) is 5.69 Å². The first-order valence-corrected chi connectivity index (χ1v) is 11.0. The molecule has 0 aliphatic rings. The molecule has 0 bridgehead atoms. The second-order valence-corrected chi connectivity index (χ2v) is 8.17. The summed E-state index contributed by atoms with van der Waals surface area (Å²) in [5.41, 5.74) is 2.13. The highest BCUT2D eigenvalue weighted by Gasteiger charge is 2.23. The predicted octanol–water partition coefficient (Wildman–Crippen LogP) is 3.95. The molecule has 0 unspecified atom stereocenters. The van der Waals surface area contributed by atoms with Crippen LogP contribution < -0.4 is 10.6 Å². The number of nitrogens with zero attached hydrogens (tertiary/aromatic N) is 2. The molecule has 0 aliphatic heterocycles. The van der Waals surface area contributed by atoms with Gasteiger partial charge in [0.25, 0.3) is 11.6 Å². The number of nitrogens with one attached hydrogen (secondary N) is 2. The number of non-ortho nitro benzene ring substituents is 1. The van der Waals surface area contributed by atoms with Gasteiger partial charge in [0.1, 0.15) is 6.54 Å². The number of hydrogen-bond acceptors (Lipinski definition) is 5. The summed E-state index contributed by atoms with van der Waals surface area (Å²) in [5, 5.41) is 16.1. The molecule has 0 saturated heterocycles. The zero-order valence-electron chi connectivity index (χ0n) is 18.9. The first-order chi connectivity index (χ1) is 16.7. The highest BCUT2D eigenvalue weighted by Crippen LogP contribution is 2.24. The number of amides is 3. The minimum Gasteiger partial charge on any atom is -0.345 e. The zero-order chi connectivity index (χ0) is 25.4. The number of carbonyl (C=O) groups excluding carboxylic acids is 3. The van der Waals surface area contributed by atoms with Gasteiger partial charge < -0.3 is 15.5 Å². The van der Waals surface area contributed by atoms with Gasteiger partial charge in [-0.3, -0.25) is 24.5 Å². The lowest BCUT2D eigenvalue weighted by atomic mass is 10.1. The van der Waals surface area contributed by atoms with E-state index < -0.39 is 22.6 Å². The van der Waals surface area contributed by atoms with Gasteiger partial charge >= 0.3 is 0 Å². The Morgan fingerprint density at radius 2 is 1.71 bits per heavy atom. The highest BCUT2D eigenvalue weighted by atomic mass is 35.5. The minimum absolute atomic E-state index is 0.0261. The molecule has 0 radical (unpaired) electrons. The third-order valence-corrected chi connectivity index (χ3v) is 5.29. The first-order valence-electron chi connectivity index (χ1n) is 10.6. The second kappa shape index (κ2) is 11.8. The van der Waals surface area contributed by atoms with E-state index in [1.165, 1.54) is 17.0 Å². The standard InChI is InChI=1S/C25H23ClN4O5/c1-17-6-5-9-19(12-17)28-23(31)14-27-24(32)16-29(15-18-7-3-2-4-8-18)25(33)21-11-10-20(30(34)35)13-22(21)26/h2-13H,14-16H2,1H3,(H,27,32)(H,28,31). The summed E-state index contributed by atoms with van der Waals surface area (Å²) >= 11 is 6.14. The molecule has 0 heterocycles. The van der Waals surface area contributed by atoms with E-state index in [1.807, 2.05) is 19.1 Å². The summed E-state index contributed by atoms with van der Waals surface area (Å²) in [6.07, 6.45) is 0. The maximum atomic E-state index is 13.2. The average Bonchev–Trinajstić information content (AvgIpc) is 2.82. The quantitative estimate of drug-likeness (QED) is 0.344. The molecule has 0 aromatic heterocycles. The van der Waals surface area contributed by atoms with Crippen LogP contribution in [0.5, 0.6) is 0 Å². The minimum atomic E-state index is -0.614. The van der Waals surface area contributed by atoms with Crippen LogP contribution in [0.25, 0.3) is 0 Å². The molecular weight excluding hydrogens is 472 g/mol. The van der Waals surface area contributed by atoms with E-state index in [1.54, 1.807) is 42.5 Å². The lowest BCUT2D eigenvalue weighted by molar-refractivity contribution is -0.384. The number of aryl methyl sites for hydroxylation is 1. The zero-order valence-corrected chi connectivity index (χ0v) is 19.6. The van der Waals surface area contributed by atoms with E-state index in [9.17, 15) is 24.5 Å². The van der Waals surface area contributed by atoms with Gasteiger partial charge in [-0.15, -0.1) is 0 Å². The molecule has 180 valence electrons. The number of halogens is 1. The van der Waals surface area contributed by atoms with Crippen molar-refractivity contribution in [2.45, 2.75) is 13.5 Å². The molecule has 10 heteroatoms. The third kappa shape index (κ3) is 7.38. The topological polar surface area (TPSA) is 122 Å². The fourth-order valence-corrected chi connectivity index (χ4v) is 3.56. The van der Waals surface area contributed by atoms with Crippen LogP contribution in [0.15, 0.2) is 72.8 Å². The molecule has 3 aromatic carbocycles. The number of carbonyl (C=O) groups is 3. The SMILES string of the molecule is Cc1cccc(NC(=O)CNC(=O)CN(Cc2ccccc2)C(=O)c2ccc([N+](=O)[O-])cc2Cl)c1. The molecule has 3 amide bonds. The largest absolute Gasteiger partial charge is 0.345 e. The Balaban J connectivity index is 1.69. The molecule has 2 N–H and O–H groups in total. The fraction of sp³-hybridized carbons (Fsp3) is 0.160. The van der Waals surface area contributed by atoms with Crippen LogP contribution in [0.1, 0.15) is 21.5 Å². The Bertz CT molecular complexity index is 1250. The van der Waals surface area contributed by atoms with Gasteiger partial charge in [0.05, 0.1) is 22.1 Å². The number of nitro groups is 1. The van der Waals surface area contributed by atoms with Crippen molar-refractivity contribution in [3.05, 3.63) is 105 Å². The van der Waals surface area contributed by atoms with Crippen LogP contribution in [0, 0.1) is 17.0 Å². The molecule has 35 heavy (non-hydrogen) atoms. The maximum absolute atomic E-state index is 13.2. The van der Waals surface area contributed by atoms with Gasteiger partial charge in [-0.05, 0) is 36.2 Å². The van der Waals surface area contributed by atoms with E-state index in [2.05, 4.69) is 10.6 Å². The molecule has 0 fully saturated rings. The second-order valence-electron chi connectivity index (χ2n) is 7.76. The van der Waals surface area contributed by atoms with Crippen molar-refractivity contribution < 1.29 is 19.3 Å². The number of anilines is 1. The Hall–Kier alpha value is -4.24. The molecular formula is C25H23ClN4O5. The van der Waals surface area contributed by atoms with Gasteiger partial charge in [-0.2, -0.15) is 0 Å². The number of rotatable bonds is 9. The van der Waals surface area contributed by atoms with Crippen molar-refractivity contribution in [1.29, 1.82) is 0 Å². The summed E-state index contributed by atoms with van der Waals surface area (Å²) in [6.45, 7) is 1.36. The van der Waals surface area contributed by atoms with Crippen molar-refractivity contribution in [1.82, 2.24) is 10.2 Å². The van der Waals surface area contributed by atoms with Crippen molar-refractivity contribution in [3.63, 3.8) is 0 Å². The van der Waals surface area contributed by atoms with Crippen LogP contribution >= 0.6 is 11.6 Å².